The quantitative estimate of drug-likeness (QED) is 0.220. The topological polar surface area (TPSA) is 139 Å². The molecule has 2 aliphatic heterocycles. The summed E-state index contributed by atoms with van der Waals surface area (Å²) in [4.78, 5) is 25.5. The average Bonchev–Trinajstić information content (AvgIpc) is 3.28. The molecule has 2 saturated heterocycles. The maximum atomic E-state index is 13.0. The number of hydrogen-bond donors (Lipinski definition) is 2. The molecular formula is C23H24N2O8. The fraction of sp³-hybridized carbons (Fsp3) is 0.348. The molecule has 174 valence electrons. The highest BCUT2D eigenvalue weighted by atomic mass is 16.8. The van der Waals surface area contributed by atoms with Gasteiger partial charge in [-0.1, -0.05) is 41.6 Å². The van der Waals surface area contributed by atoms with Crippen LogP contribution in [0.5, 0.6) is 0 Å². The number of nitrogens with zero attached hydrogens (tertiary/aromatic N) is 1. The second-order valence-corrected chi connectivity index (χ2v) is 8.05. The number of benzene rings is 2. The number of rotatable bonds is 6. The van der Waals surface area contributed by atoms with Gasteiger partial charge in [0, 0.05) is 0 Å². The fourth-order valence-corrected chi connectivity index (χ4v) is 3.89. The SMILES string of the molecule is CC1(C)O[C@H]2O[C@H](COC(=O)c3ccccc3)[C@@](OC(=O)c3ccccc3)(/C(N)=N/O)[C@H]2O1. The molecule has 4 atom stereocenters. The summed E-state index contributed by atoms with van der Waals surface area (Å²) in [6.45, 7) is 2.91. The van der Waals surface area contributed by atoms with E-state index < -0.39 is 47.7 Å². The second-order valence-electron chi connectivity index (χ2n) is 8.05. The van der Waals surface area contributed by atoms with Crippen LogP contribution in [-0.2, 0) is 23.7 Å². The third-order valence-corrected chi connectivity index (χ3v) is 5.41. The van der Waals surface area contributed by atoms with E-state index in [4.69, 9.17) is 29.4 Å². The summed E-state index contributed by atoms with van der Waals surface area (Å²) >= 11 is 0. The number of nitrogens with two attached hydrogens (primary N) is 1. The Morgan fingerprint density at radius 2 is 1.58 bits per heavy atom. The zero-order valence-electron chi connectivity index (χ0n) is 18.0. The van der Waals surface area contributed by atoms with Crippen LogP contribution < -0.4 is 5.73 Å². The summed E-state index contributed by atoms with van der Waals surface area (Å²) in [5, 5.41) is 12.7. The molecule has 2 heterocycles. The predicted molar refractivity (Wildman–Crippen MR) is 113 cm³/mol. The van der Waals surface area contributed by atoms with Crippen LogP contribution in [0.2, 0.25) is 0 Å². The molecule has 3 N–H and O–H groups in total. The van der Waals surface area contributed by atoms with Crippen molar-refractivity contribution in [1.82, 2.24) is 0 Å². The van der Waals surface area contributed by atoms with Crippen LogP contribution in [0.3, 0.4) is 0 Å². The van der Waals surface area contributed by atoms with E-state index in [1.807, 2.05) is 0 Å². The Hall–Kier alpha value is -3.47. The largest absolute Gasteiger partial charge is 0.459 e. The Morgan fingerprint density at radius 3 is 2.15 bits per heavy atom. The van der Waals surface area contributed by atoms with Gasteiger partial charge in [-0.05, 0) is 38.1 Å². The van der Waals surface area contributed by atoms with Gasteiger partial charge in [0.15, 0.2) is 24.0 Å². The minimum atomic E-state index is -1.93. The Bertz CT molecular complexity index is 1040. The van der Waals surface area contributed by atoms with Gasteiger partial charge < -0.3 is 34.6 Å². The highest BCUT2D eigenvalue weighted by molar-refractivity contribution is 5.97. The highest BCUT2D eigenvalue weighted by Crippen LogP contribution is 2.45. The lowest BCUT2D eigenvalue weighted by molar-refractivity contribution is -0.224. The number of oxime groups is 1. The van der Waals surface area contributed by atoms with E-state index >= 15 is 0 Å². The second kappa shape index (κ2) is 8.81. The number of carbonyl (C=O) groups excluding carboxylic acids is 2. The number of carbonyl (C=O) groups is 2. The molecule has 10 nitrogen and oxygen atoms in total. The van der Waals surface area contributed by atoms with Gasteiger partial charge in [0.25, 0.3) is 0 Å². The highest BCUT2D eigenvalue weighted by Gasteiger charge is 2.69. The zero-order chi connectivity index (χ0) is 23.6. The Kier molecular flexibility index (Phi) is 6.07. The van der Waals surface area contributed by atoms with E-state index in [2.05, 4.69) is 5.16 Å². The fourth-order valence-electron chi connectivity index (χ4n) is 3.89. The first-order chi connectivity index (χ1) is 15.8. The number of esters is 2. The van der Waals surface area contributed by atoms with Crippen molar-refractivity contribution in [2.45, 2.75) is 43.7 Å². The number of ether oxygens (including phenoxy) is 5. The first-order valence-corrected chi connectivity index (χ1v) is 10.3. The third kappa shape index (κ3) is 4.28. The summed E-state index contributed by atoms with van der Waals surface area (Å²) < 4.78 is 28.8. The molecule has 2 fully saturated rings. The van der Waals surface area contributed by atoms with Crippen molar-refractivity contribution >= 4 is 17.8 Å². The first-order valence-electron chi connectivity index (χ1n) is 10.3. The molecule has 0 saturated carbocycles. The molecule has 10 heteroatoms. The molecule has 0 bridgehead atoms. The summed E-state index contributed by atoms with van der Waals surface area (Å²) in [6.07, 6.45) is -3.29. The maximum absolute atomic E-state index is 13.0. The Morgan fingerprint density at radius 1 is 1.00 bits per heavy atom. The molecule has 2 aromatic rings. The molecule has 0 aromatic heterocycles. The summed E-state index contributed by atoms with van der Waals surface area (Å²) in [5.74, 6) is -2.97. The monoisotopic (exact) mass is 456 g/mol. The van der Waals surface area contributed by atoms with Gasteiger partial charge in [-0.25, -0.2) is 9.59 Å². The molecular weight excluding hydrogens is 432 g/mol. The van der Waals surface area contributed by atoms with Gasteiger partial charge in [-0.15, -0.1) is 0 Å². The van der Waals surface area contributed by atoms with Gasteiger partial charge in [0.05, 0.1) is 11.1 Å². The summed E-state index contributed by atoms with van der Waals surface area (Å²) in [7, 11) is 0. The Balaban J connectivity index is 1.66. The van der Waals surface area contributed by atoms with Crippen LogP contribution >= 0.6 is 0 Å². The van der Waals surface area contributed by atoms with E-state index in [1.54, 1.807) is 74.5 Å². The van der Waals surface area contributed by atoms with Crippen molar-refractivity contribution in [2.24, 2.45) is 10.9 Å². The normalized spacial score (nSPS) is 28.2. The van der Waals surface area contributed by atoms with Crippen LogP contribution in [0.25, 0.3) is 0 Å². The van der Waals surface area contributed by atoms with E-state index in [1.165, 1.54) is 0 Å². The Labute approximate surface area is 189 Å². The minimum absolute atomic E-state index is 0.226. The van der Waals surface area contributed by atoms with Crippen LogP contribution in [0.1, 0.15) is 34.6 Å². The number of fused-ring (bicyclic) bond motifs is 1. The van der Waals surface area contributed by atoms with Crippen molar-refractivity contribution in [2.75, 3.05) is 6.61 Å². The summed E-state index contributed by atoms with van der Waals surface area (Å²) in [5.41, 5.74) is 4.67. The molecule has 0 radical (unpaired) electrons. The lowest BCUT2D eigenvalue weighted by atomic mass is 9.90. The van der Waals surface area contributed by atoms with Crippen LogP contribution in [0.4, 0.5) is 0 Å². The van der Waals surface area contributed by atoms with Crippen molar-refractivity contribution in [3.8, 4) is 0 Å². The molecule has 2 aliphatic rings. The molecule has 0 amide bonds. The van der Waals surface area contributed by atoms with Crippen molar-refractivity contribution < 1.29 is 38.5 Å². The smallest absolute Gasteiger partial charge is 0.339 e. The average molecular weight is 456 g/mol. The van der Waals surface area contributed by atoms with Crippen LogP contribution in [0.15, 0.2) is 65.8 Å². The zero-order valence-corrected chi connectivity index (χ0v) is 18.0. The van der Waals surface area contributed by atoms with Gasteiger partial charge in [0.2, 0.25) is 5.60 Å². The third-order valence-electron chi connectivity index (χ3n) is 5.41. The first kappa shape index (κ1) is 22.7. The van der Waals surface area contributed by atoms with Gasteiger partial charge in [0.1, 0.15) is 12.7 Å². The van der Waals surface area contributed by atoms with Crippen LogP contribution in [-0.4, -0.2) is 59.5 Å². The lowest BCUT2D eigenvalue weighted by Gasteiger charge is -2.36. The van der Waals surface area contributed by atoms with Gasteiger partial charge in [-0.3, -0.25) is 0 Å². The molecule has 0 unspecified atom stereocenters. The lowest BCUT2D eigenvalue weighted by Crippen LogP contribution is -2.62. The number of hydrogen-bond acceptors (Lipinski definition) is 9. The van der Waals surface area contributed by atoms with Crippen molar-refractivity contribution in [3.63, 3.8) is 0 Å². The van der Waals surface area contributed by atoms with Gasteiger partial charge in [-0.2, -0.15) is 0 Å². The molecule has 33 heavy (non-hydrogen) atoms. The minimum Gasteiger partial charge on any atom is -0.459 e. The standard InChI is InChI=1S/C23H24N2O8/c1-22(2)31-17-20(33-22)30-16(13-29-18(26)14-9-5-3-6-10-14)23(17,21(24)25-28)32-19(27)15-11-7-4-8-12-15/h3-12,16-17,20,28H,13H2,1-2H3,(H2,24,25)/t16-,17+,20-,23+/m1/s1. The molecule has 4 rings (SSSR count). The molecule has 0 aliphatic carbocycles. The van der Waals surface area contributed by atoms with Crippen LogP contribution in [0, 0.1) is 0 Å². The van der Waals surface area contributed by atoms with Crippen molar-refractivity contribution in [1.29, 1.82) is 0 Å². The van der Waals surface area contributed by atoms with Crippen molar-refractivity contribution in [3.05, 3.63) is 71.8 Å². The van der Waals surface area contributed by atoms with E-state index in [9.17, 15) is 14.8 Å². The molecule has 0 spiro atoms. The predicted octanol–water partition coefficient (Wildman–Crippen LogP) is 2.06. The van der Waals surface area contributed by atoms with E-state index in [0.29, 0.717) is 5.56 Å². The van der Waals surface area contributed by atoms with E-state index in [-0.39, 0.29) is 12.2 Å². The van der Waals surface area contributed by atoms with E-state index in [0.717, 1.165) is 0 Å². The maximum Gasteiger partial charge on any atom is 0.339 e. The summed E-state index contributed by atoms with van der Waals surface area (Å²) in [6, 6.07) is 16.5. The van der Waals surface area contributed by atoms with Gasteiger partial charge >= 0.3 is 11.9 Å². The number of amidine groups is 1. The molecule has 2 aromatic carbocycles.